The lowest BCUT2D eigenvalue weighted by Crippen LogP contribution is -2.13. The molecule has 0 aliphatic rings. The van der Waals surface area contributed by atoms with E-state index in [4.69, 9.17) is 11.6 Å². The van der Waals surface area contributed by atoms with E-state index in [9.17, 15) is 9.50 Å². The summed E-state index contributed by atoms with van der Waals surface area (Å²) in [6, 6.07) is 12.6. The topological polar surface area (TPSA) is 20.2 Å². The summed E-state index contributed by atoms with van der Waals surface area (Å²) in [6.07, 6.45) is -0.0139. The average Bonchev–Trinajstić information content (AvgIpc) is 2.42. The Morgan fingerprint density at radius 2 is 2.00 bits per heavy atom. The Morgan fingerprint density at radius 1 is 1.25 bits per heavy atom. The molecule has 0 aliphatic carbocycles. The van der Waals surface area contributed by atoms with Crippen molar-refractivity contribution in [2.45, 2.75) is 24.3 Å². The highest BCUT2D eigenvalue weighted by molar-refractivity contribution is 7.99. The van der Waals surface area contributed by atoms with Gasteiger partial charge in [-0.15, -0.1) is 11.8 Å². The molecule has 2 aromatic rings. The van der Waals surface area contributed by atoms with Crippen molar-refractivity contribution < 1.29 is 9.50 Å². The highest BCUT2D eigenvalue weighted by Gasteiger charge is 2.09. The zero-order chi connectivity index (χ0) is 14.5. The second kappa shape index (κ2) is 7.11. The van der Waals surface area contributed by atoms with Crippen molar-refractivity contribution in [1.82, 2.24) is 0 Å². The standard InChI is InChI=1S/C16H16ClFOS/c1-11-4-2-3-5-16(11)20-10-13(19)8-12-6-7-15(18)14(17)9-12/h2-7,9,13,19H,8,10H2,1H3. The first-order chi connectivity index (χ1) is 9.56. The molecule has 0 spiro atoms. The van der Waals surface area contributed by atoms with Crippen LogP contribution < -0.4 is 0 Å². The third kappa shape index (κ3) is 4.23. The van der Waals surface area contributed by atoms with Gasteiger partial charge in [-0.2, -0.15) is 0 Å². The number of aliphatic hydroxyl groups is 1. The Hall–Kier alpha value is -1.03. The van der Waals surface area contributed by atoms with E-state index in [-0.39, 0.29) is 5.02 Å². The van der Waals surface area contributed by atoms with Crippen molar-refractivity contribution in [1.29, 1.82) is 0 Å². The summed E-state index contributed by atoms with van der Waals surface area (Å²) in [7, 11) is 0. The maximum atomic E-state index is 13.1. The Balaban J connectivity index is 1.91. The van der Waals surface area contributed by atoms with Gasteiger partial charge in [0.25, 0.3) is 0 Å². The van der Waals surface area contributed by atoms with Crippen molar-refractivity contribution in [3.05, 3.63) is 64.4 Å². The van der Waals surface area contributed by atoms with Crippen LogP contribution in [0.3, 0.4) is 0 Å². The number of rotatable bonds is 5. The molecule has 0 amide bonds. The molecule has 1 atom stereocenters. The molecule has 4 heteroatoms. The van der Waals surface area contributed by atoms with Crippen molar-refractivity contribution in [3.8, 4) is 0 Å². The van der Waals surface area contributed by atoms with E-state index in [1.54, 1.807) is 23.9 Å². The van der Waals surface area contributed by atoms with Crippen LogP contribution in [0, 0.1) is 12.7 Å². The lowest BCUT2D eigenvalue weighted by Gasteiger charge is -2.12. The molecule has 106 valence electrons. The predicted molar refractivity (Wildman–Crippen MR) is 83.0 cm³/mol. The van der Waals surface area contributed by atoms with Gasteiger partial charge < -0.3 is 5.11 Å². The van der Waals surface area contributed by atoms with Crippen LogP contribution in [0.4, 0.5) is 4.39 Å². The van der Waals surface area contributed by atoms with Crippen LogP contribution in [0.5, 0.6) is 0 Å². The normalized spacial score (nSPS) is 12.4. The molecule has 20 heavy (non-hydrogen) atoms. The van der Waals surface area contributed by atoms with Gasteiger partial charge >= 0.3 is 0 Å². The smallest absolute Gasteiger partial charge is 0.141 e. The molecule has 1 unspecified atom stereocenters. The van der Waals surface area contributed by atoms with Crippen LogP contribution in [-0.4, -0.2) is 17.0 Å². The second-order valence-corrected chi connectivity index (χ2v) is 6.15. The number of hydrogen-bond acceptors (Lipinski definition) is 2. The molecule has 0 heterocycles. The highest BCUT2D eigenvalue weighted by Crippen LogP contribution is 2.24. The second-order valence-electron chi connectivity index (χ2n) is 4.68. The number of halogens is 2. The van der Waals surface area contributed by atoms with Gasteiger partial charge in [-0.1, -0.05) is 35.9 Å². The minimum Gasteiger partial charge on any atom is -0.392 e. The van der Waals surface area contributed by atoms with E-state index in [0.29, 0.717) is 12.2 Å². The first-order valence-corrected chi connectivity index (χ1v) is 7.73. The van der Waals surface area contributed by atoms with Gasteiger partial charge in [0, 0.05) is 10.6 Å². The zero-order valence-corrected chi connectivity index (χ0v) is 12.7. The van der Waals surface area contributed by atoms with Gasteiger partial charge in [-0.3, -0.25) is 0 Å². The summed E-state index contributed by atoms with van der Waals surface area (Å²) in [6.45, 7) is 2.05. The highest BCUT2D eigenvalue weighted by atomic mass is 35.5. The summed E-state index contributed by atoms with van der Waals surface area (Å²) in [5, 5.41) is 10.2. The van der Waals surface area contributed by atoms with E-state index in [2.05, 4.69) is 13.0 Å². The van der Waals surface area contributed by atoms with Crippen molar-refractivity contribution >= 4 is 23.4 Å². The van der Waals surface area contributed by atoms with E-state index < -0.39 is 11.9 Å². The molecular formula is C16H16ClFOS. The van der Waals surface area contributed by atoms with Gasteiger partial charge in [0.2, 0.25) is 0 Å². The van der Waals surface area contributed by atoms with E-state index in [0.717, 1.165) is 5.56 Å². The maximum absolute atomic E-state index is 13.1. The fraction of sp³-hybridized carbons (Fsp3) is 0.250. The molecule has 0 saturated carbocycles. The summed E-state index contributed by atoms with van der Waals surface area (Å²) in [4.78, 5) is 1.17. The van der Waals surface area contributed by atoms with Crippen molar-refractivity contribution in [2.75, 3.05) is 5.75 Å². The third-order valence-electron chi connectivity index (χ3n) is 2.98. The van der Waals surface area contributed by atoms with Gasteiger partial charge in [-0.25, -0.2) is 4.39 Å². The maximum Gasteiger partial charge on any atom is 0.141 e. The molecule has 2 aromatic carbocycles. The first kappa shape index (κ1) is 15.4. The number of thioether (sulfide) groups is 1. The number of hydrogen-bond donors (Lipinski definition) is 1. The minimum atomic E-state index is -0.485. The Morgan fingerprint density at radius 3 is 2.70 bits per heavy atom. The average molecular weight is 311 g/mol. The third-order valence-corrected chi connectivity index (χ3v) is 4.59. The molecule has 2 rings (SSSR count). The molecule has 0 aliphatic heterocycles. The number of aliphatic hydroxyl groups excluding tert-OH is 1. The zero-order valence-electron chi connectivity index (χ0n) is 11.1. The Kier molecular flexibility index (Phi) is 5.46. The molecular weight excluding hydrogens is 295 g/mol. The molecule has 1 nitrogen and oxygen atoms in total. The van der Waals surface area contributed by atoms with Gasteiger partial charge in [0.1, 0.15) is 5.82 Å². The lowest BCUT2D eigenvalue weighted by atomic mass is 10.1. The Bertz CT molecular complexity index is 588. The summed E-state index contributed by atoms with van der Waals surface area (Å²) in [5.74, 6) is 0.166. The molecule has 0 bridgehead atoms. The van der Waals surface area contributed by atoms with Crippen molar-refractivity contribution in [3.63, 3.8) is 0 Å². The fourth-order valence-corrected chi connectivity index (χ4v) is 3.07. The molecule has 1 N–H and O–H groups in total. The lowest BCUT2D eigenvalue weighted by molar-refractivity contribution is 0.200. The van der Waals surface area contributed by atoms with Gasteiger partial charge in [0.05, 0.1) is 11.1 Å². The number of aryl methyl sites for hydroxylation is 1. The molecule has 0 radical (unpaired) electrons. The molecule has 0 aromatic heterocycles. The van der Waals surface area contributed by atoms with Crippen molar-refractivity contribution in [2.24, 2.45) is 0 Å². The van der Waals surface area contributed by atoms with Crippen LogP contribution in [0.25, 0.3) is 0 Å². The largest absolute Gasteiger partial charge is 0.392 e. The summed E-state index contributed by atoms with van der Waals surface area (Å²) in [5.41, 5.74) is 2.05. The number of benzene rings is 2. The van der Waals surface area contributed by atoms with Crippen LogP contribution in [0.15, 0.2) is 47.4 Å². The van der Waals surface area contributed by atoms with Crippen LogP contribution in [0.2, 0.25) is 5.02 Å². The molecule has 0 saturated heterocycles. The minimum absolute atomic E-state index is 0.0984. The van der Waals surface area contributed by atoms with E-state index >= 15 is 0 Å². The van der Waals surface area contributed by atoms with Crippen LogP contribution >= 0.6 is 23.4 Å². The van der Waals surface area contributed by atoms with Gasteiger partial charge in [0.15, 0.2) is 0 Å². The first-order valence-electron chi connectivity index (χ1n) is 6.36. The fourth-order valence-electron chi connectivity index (χ4n) is 1.90. The van der Waals surface area contributed by atoms with E-state index in [1.165, 1.54) is 16.5 Å². The Labute approximate surface area is 127 Å². The summed E-state index contributed by atoms with van der Waals surface area (Å²) < 4.78 is 13.1. The quantitative estimate of drug-likeness (QED) is 0.822. The molecule has 0 fully saturated rings. The van der Waals surface area contributed by atoms with Crippen LogP contribution in [-0.2, 0) is 6.42 Å². The summed E-state index contributed by atoms with van der Waals surface area (Å²) >= 11 is 7.35. The monoisotopic (exact) mass is 310 g/mol. The van der Waals surface area contributed by atoms with Crippen LogP contribution in [0.1, 0.15) is 11.1 Å². The van der Waals surface area contributed by atoms with E-state index in [1.807, 2.05) is 18.2 Å². The SMILES string of the molecule is Cc1ccccc1SCC(O)Cc1ccc(F)c(Cl)c1. The predicted octanol–water partition coefficient (Wildman–Crippen LogP) is 4.48. The van der Waals surface area contributed by atoms with Gasteiger partial charge in [-0.05, 0) is 42.7 Å².